The maximum absolute atomic E-state index is 12.5. The molecule has 0 spiro atoms. The molecule has 0 bridgehead atoms. The molecule has 1 atom stereocenters. The third-order valence-corrected chi connectivity index (χ3v) is 4.35. The van der Waals surface area contributed by atoms with Crippen LogP contribution in [0.4, 0.5) is 5.69 Å². The van der Waals surface area contributed by atoms with Gasteiger partial charge in [0.2, 0.25) is 5.96 Å². The van der Waals surface area contributed by atoms with Crippen LogP contribution in [0.5, 0.6) is 0 Å². The summed E-state index contributed by atoms with van der Waals surface area (Å²) in [7, 11) is 0. The molecule has 3 rings (SSSR count). The number of hydrogen-bond acceptors (Lipinski definition) is 3. The predicted octanol–water partition coefficient (Wildman–Crippen LogP) is 4.03. The van der Waals surface area contributed by atoms with Crippen LogP contribution in [0.15, 0.2) is 53.5 Å². The topological polar surface area (TPSA) is 62.7 Å². The molecule has 0 aromatic heterocycles. The minimum atomic E-state index is -0.243. The van der Waals surface area contributed by atoms with E-state index in [1.807, 2.05) is 31.2 Å². The Bertz CT molecular complexity index is 784. The smallest absolute Gasteiger partial charge is 0.257 e. The van der Waals surface area contributed by atoms with Crippen molar-refractivity contribution < 1.29 is 9.53 Å². The standard InChI is InChI=1S/C20H22ClN3O2/c1-14-4-2-5-17(12-14)23-20(22-13-18-6-3-11-26-18)24-19(25)15-7-9-16(21)10-8-15/h2,4-5,7-10,12,18H,3,6,11,13H2,1H3,(H2,22,23,24,25)/t18-/m1/s1. The molecule has 2 N–H and O–H groups in total. The minimum absolute atomic E-state index is 0.108. The van der Waals surface area contributed by atoms with Gasteiger partial charge in [-0.05, 0) is 61.7 Å². The Hall–Kier alpha value is -2.37. The molecule has 0 aliphatic carbocycles. The molecule has 1 aliphatic rings. The van der Waals surface area contributed by atoms with Crippen LogP contribution in [0.2, 0.25) is 5.02 Å². The van der Waals surface area contributed by atoms with Crippen molar-refractivity contribution >= 4 is 29.2 Å². The van der Waals surface area contributed by atoms with Gasteiger partial charge in [-0.25, -0.2) is 4.99 Å². The molecule has 0 unspecified atom stereocenters. The van der Waals surface area contributed by atoms with Gasteiger partial charge < -0.3 is 10.1 Å². The van der Waals surface area contributed by atoms with Crippen molar-refractivity contribution in [1.82, 2.24) is 5.32 Å². The number of nitrogens with one attached hydrogen (secondary N) is 2. The summed E-state index contributed by atoms with van der Waals surface area (Å²) in [6, 6.07) is 14.6. The summed E-state index contributed by atoms with van der Waals surface area (Å²) in [5.74, 6) is 0.166. The summed E-state index contributed by atoms with van der Waals surface area (Å²) in [5.41, 5.74) is 2.51. The number of hydrogen-bond donors (Lipinski definition) is 2. The van der Waals surface area contributed by atoms with Crippen molar-refractivity contribution in [1.29, 1.82) is 0 Å². The number of aryl methyl sites for hydroxylation is 1. The first-order chi connectivity index (χ1) is 12.6. The molecule has 1 aliphatic heterocycles. The molecule has 0 radical (unpaired) electrons. The minimum Gasteiger partial charge on any atom is -0.376 e. The number of benzene rings is 2. The molecule has 1 saturated heterocycles. The number of nitrogens with zero attached hydrogens (tertiary/aromatic N) is 1. The van der Waals surface area contributed by atoms with Gasteiger partial charge in [-0.2, -0.15) is 0 Å². The summed E-state index contributed by atoms with van der Waals surface area (Å²) in [5, 5.41) is 6.63. The molecule has 26 heavy (non-hydrogen) atoms. The van der Waals surface area contributed by atoms with Crippen molar-refractivity contribution in [2.75, 3.05) is 18.5 Å². The van der Waals surface area contributed by atoms with Crippen LogP contribution in [-0.2, 0) is 4.74 Å². The molecule has 2 aromatic carbocycles. The molecule has 2 aromatic rings. The van der Waals surface area contributed by atoms with Gasteiger partial charge in [0.25, 0.3) is 5.91 Å². The first-order valence-corrected chi connectivity index (χ1v) is 9.04. The summed E-state index contributed by atoms with van der Waals surface area (Å²) in [6.45, 7) is 3.30. The molecule has 1 amide bonds. The Morgan fingerprint density at radius 2 is 2.08 bits per heavy atom. The van der Waals surface area contributed by atoms with E-state index in [1.54, 1.807) is 24.3 Å². The fraction of sp³-hybridized carbons (Fsp3) is 0.300. The van der Waals surface area contributed by atoms with Gasteiger partial charge in [-0.1, -0.05) is 23.7 Å². The van der Waals surface area contributed by atoms with Gasteiger partial charge in [0.05, 0.1) is 12.6 Å². The van der Waals surface area contributed by atoms with Gasteiger partial charge in [-0.15, -0.1) is 0 Å². The molecule has 5 nitrogen and oxygen atoms in total. The lowest BCUT2D eigenvalue weighted by Crippen LogP contribution is -2.36. The molecule has 6 heteroatoms. The quantitative estimate of drug-likeness (QED) is 0.630. The first kappa shape index (κ1) is 18.4. The van der Waals surface area contributed by atoms with Gasteiger partial charge in [-0.3, -0.25) is 10.1 Å². The van der Waals surface area contributed by atoms with Crippen LogP contribution in [-0.4, -0.2) is 31.1 Å². The normalized spacial score (nSPS) is 17.2. The molecule has 1 heterocycles. The predicted molar refractivity (Wildman–Crippen MR) is 105 cm³/mol. The van der Waals surface area contributed by atoms with Crippen LogP contribution >= 0.6 is 11.6 Å². The van der Waals surface area contributed by atoms with E-state index < -0.39 is 0 Å². The zero-order valence-corrected chi connectivity index (χ0v) is 15.4. The lowest BCUT2D eigenvalue weighted by atomic mass is 10.2. The number of halogens is 1. The van der Waals surface area contributed by atoms with Crippen LogP contribution in [0.3, 0.4) is 0 Å². The fourth-order valence-electron chi connectivity index (χ4n) is 2.73. The molecular weight excluding hydrogens is 350 g/mol. The number of aliphatic imine (C=N–C) groups is 1. The number of guanidine groups is 1. The molecule has 1 fully saturated rings. The second kappa shape index (κ2) is 8.83. The van der Waals surface area contributed by atoms with E-state index in [0.717, 1.165) is 30.7 Å². The zero-order valence-electron chi connectivity index (χ0n) is 14.7. The Labute approximate surface area is 158 Å². The molecule has 136 valence electrons. The molecular formula is C20H22ClN3O2. The van der Waals surface area contributed by atoms with E-state index in [-0.39, 0.29) is 12.0 Å². The summed E-state index contributed by atoms with van der Waals surface area (Å²) < 4.78 is 5.61. The van der Waals surface area contributed by atoms with E-state index >= 15 is 0 Å². The largest absolute Gasteiger partial charge is 0.376 e. The highest BCUT2D eigenvalue weighted by molar-refractivity contribution is 6.30. The molecule has 0 saturated carbocycles. The van der Waals surface area contributed by atoms with Gasteiger partial charge in [0.1, 0.15) is 0 Å². The lowest BCUT2D eigenvalue weighted by Gasteiger charge is -2.14. The van der Waals surface area contributed by atoms with Crippen molar-refractivity contribution in [3.8, 4) is 0 Å². The Morgan fingerprint density at radius 1 is 1.27 bits per heavy atom. The van der Waals surface area contributed by atoms with Crippen molar-refractivity contribution in [2.24, 2.45) is 4.99 Å². The van der Waals surface area contributed by atoms with E-state index in [0.29, 0.717) is 23.1 Å². The van der Waals surface area contributed by atoms with E-state index in [4.69, 9.17) is 16.3 Å². The van der Waals surface area contributed by atoms with E-state index in [9.17, 15) is 4.79 Å². The third-order valence-electron chi connectivity index (χ3n) is 4.10. The summed E-state index contributed by atoms with van der Waals surface area (Å²) in [6.07, 6.45) is 2.15. The average molecular weight is 372 g/mol. The summed E-state index contributed by atoms with van der Waals surface area (Å²) in [4.78, 5) is 17.0. The highest BCUT2D eigenvalue weighted by atomic mass is 35.5. The number of rotatable bonds is 4. The van der Waals surface area contributed by atoms with Crippen LogP contribution in [0, 0.1) is 6.92 Å². The Morgan fingerprint density at radius 3 is 2.77 bits per heavy atom. The highest BCUT2D eigenvalue weighted by Gasteiger charge is 2.16. The van der Waals surface area contributed by atoms with Gasteiger partial charge in [0.15, 0.2) is 0 Å². The third kappa shape index (κ3) is 5.31. The van der Waals surface area contributed by atoms with Crippen LogP contribution < -0.4 is 10.6 Å². The number of amides is 1. The number of carbonyl (C=O) groups is 1. The average Bonchev–Trinajstić information content (AvgIpc) is 3.14. The number of carbonyl (C=O) groups excluding carboxylic acids is 1. The van der Waals surface area contributed by atoms with Crippen molar-refractivity contribution in [3.05, 3.63) is 64.7 Å². The number of ether oxygens (including phenoxy) is 1. The van der Waals surface area contributed by atoms with Crippen LogP contribution in [0.1, 0.15) is 28.8 Å². The van der Waals surface area contributed by atoms with Crippen LogP contribution in [0.25, 0.3) is 0 Å². The maximum atomic E-state index is 12.5. The monoisotopic (exact) mass is 371 g/mol. The van der Waals surface area contributed by atoms with Gasteiger partial charge >= 0.3 is 0 Å². The Kier molecular flexibility index (Phi) is 6.26. The first-order valence-electron chi connectivity index (χ1n) is 8.67. The van der Waals surface area contributed by atoms with Crippen molar-refractivity contribution in [2.45, 2.75) is 25.9 Å². The maximum Gasteiger partial charge on any atom is 0.257 e. The fourth-order valence-corrected chi connectivity index (χ4v) is 2.86. The summed E-state index contributed by atoms with van der Waals surface area (Å²) >= 11 is 5.88. The second-order valence-electron chi connectivity index (χ2n) is 6.28. The SMILES string of the molecule is Cc1cccc(NC(=NC[C@H]2CCCO2)NC(=O)c2ccc(Cl)cc2)c1. The highest BCUT2D eigenvalue weighted by Crippen LogP contribution is 2.13. The van der Waals surface area contributed by atoms with E-state index in [2.05, 4.69) is 15.6 Å². The number of anilines is 1. The van der Waals surface area contributed by atoms with E-state index in [1.165, 1.54) is 0 Å². The zero-order chi connectivity index (χ0) is 18.4. The Balaban J connectivity index is 1.73. The van der Waals surface area contributed by atoms with Gasteiger partial charge in [0, 0.05) is 22.9 Å². The second-order valence-corrected chi connectivity index (χ2v) is 6.72. The lowest BCUT2D eigenvalue weighted by molar-refractivity contribution is 0.0975. The van der Waals surface area contributed by atoms with Crippen molar-refractivity contribution in [3.63, 3.8) is 0 Å².